The molecule has 0 aliphatic heterocycles. The number of aliphatic imine (C=N–C) groups is 1. The molecule has 0 aromatic heterocycles. The zero-order chi connectivity index (χ0) is 28.7. The molecule has 37 heavy (non-hydrogen) atoms. The van der Waals surface area contributed by atoms with E-state index in [-0.39, 0.29) is 38.2 Å². The van der Waals surface area contributed by atoms with Gasteiger partial charge in [-0.3, -0.25) is 33.8 Å². The summed E-state index contributed by atoms with van der Waals surface area (Å²) in [6.07, 6.45) is -1.97. The fourth-order valence-corrected chi connectivity index (χ4v) is 2.81. The van der Waals surface area contributed by atoms with Gasteiger partial charge in [0.25, 0.3) is 0 Å². The first-order valence-corrected chi connectivity index (χ1v) is 10.9. The summed E-state index contributed by atoms with van der Waals surface area (Å²) in [4.78, 5) is 86.1. The number of aliphatic carboxylic acids is 2. The zero-order valence-electron chi connectivity index (χ0n) is 19.8. The summed E-state index contributed by atoms with van der Waals surface area (Å²) >= 11 is 0. The van der Waals surface area contributed by atoms with Gasteiger partial charge >= 0.3 is 11.9 Å². The van der Waals surface area contributed by atoms with Crippen LogP contribution in [0, 0.1) is 0 Å². The number of carboxylic acids is 2. The second-order valence-electron chi connectivity index (χ2n) is 7.85. The second-order valence-corrected chi connectivity index (χ2v) is 7.85. The Hall–Kier alpha value is -4.48. The maximum absolute atomic E-state index is 12.9. The summed E-state index contributed by atoms with van der Waals surface area (Å²) in [5, 5.41) is 24.4. The van der Waals surface area contributed by atoms with Gasteiger partial charge in [-0.2, -0.15) is 0 Å². The maximum atomic E-state index is 12.9. The Kier molecular flexibility index (Phi) is 14.3. The topological polar surface area (TPSA) is 338 Å². The third kappa shape index (κ3) is 14.5. The summed E-state index contributed by atoms with van der Waals surface area (Å²) in [7, 11) is 0. The minimum Gasteiger partial charge on any atom is -0.481 e. The number of carbonyl (C=O) groups excluding carboxylic acids is 5. The predicted octanol–water partition coefficient (Wildman–Crippen LogP) is -5.48. The van der Waals surface area contributed by atoms with Crippen LogP contribution in [0.1, 0.15) is 38.5 Å². The first kappa shape index (κ1) is 32.5. The van der Waals surface area contributed by atoms with E-state index in [1.165, 1.54) is 0 Å². The molecule has 0 rings (SSSR count). The van der Waals surface area contributed by atoms with E-state index in [4.69, 9.17) is 38.9 Å². The van der Waals surface area contributed by atoms with Crippen LogP contribution in [0.4, 0.5) is 0 Å². The number of rotatable bonds is 18. The van der Waals surface area contributed by atoms with Gasteiger partial charge < -0.3 is 54.8 Å². The van der Waals surface area contributed by atoms with Crippen molar-refractivity contribution < 1.29 is 43.8 Å². The molecule has 4 unspecified atom stereocenters. The van der Waals surface area contributed by atoms with Crippen LogP contribution >= 0.6 is 0 Å². The fraction of sp³-hybridized carbons (Fsp3) is 0.579. The molecule has 0 aliphatic carbocycles. The van der Waals surface area contributed by atoms with Crippen molar-refractivity contribution in [2.45, 2.75) is 62.7 Å². The Bertz CT molecular complexity index is 905. The summed E-state index contributed by atoms with van der Waals surface area (Å²) in [5.41, 5.74) is 26.3. The highest BCUT2D eigenvalue weighted by Crippen LogP contribution is 2.04. The standard InChI is InChI=1S/C19H33N9O9/c20-8(3-4-12(21)29)15(33)26-9(2-1-5-25-19(23)24)16(34)27-10(6-13(22)30)17(35)28-11(18(36)37)7-14(31)32/h8-11H,1-7,20H2,(H2,21,29)(H2,22,30)(H,26,33)(H,27,34)(H,28,35)(H,31,32)(H,36,37)(H4,23,24,25). The number of nitrogens with zero attached hydrogens (tertiary/aromatic N) is 1. The van der Waals surface area contributed by atoms with Crippen LogP contribution in [0.25, 0.3) is 0 Å². The van der Waals surface area contributed by atoms with Crippen molar-refractivity contribution in [3.8, 4) is 0 Å². The first-order valence-electron chi connectivity index (χ1n) is 10.9. The monoisotopic (exact) mass is 531 g/mol. The number of nitrogens with one attached hydrogen (secondary N) is 3. The highest BCUT2D eigenvalue weighted by molar-refractivity contribution is 5.96. The number of carbonyl (C=O) groups is 7. The highest BCUT2D eigenvalue weighted by atomic mass is 16.4. The lowest BCUT2D eigenvalue weighted by Gasteiger charge is -2.24. The van der Waals surface area contributed by atoms with Crippen LogP contribution in [0.15, 0.2) is 4.99 Å². The minimum atomic E-state index is -1.87. The average molecular weight is 532 g/mol. The van der Waals surface area contributed by atoms with Crippen LogP contribution in [0.5, 0.6) is 0 Å². The molecule has 0 saturated heterocycles. The minimum absolute atomic E-state index is 0.0659. The van der Waals surface area contributed by atoms with E-state index in [1.54, 1.807) is 0 Å². The van der Waals surface area contributed by atoms with E-state index < -0.39 is 78.5 Å². The van der Waals surface area contributed by atoms with E-state index in [0.29, 0.717) is 0 Å². The lowest BCUT2D eigenvalue weighted by molar-refractivity contribution is -0.147. The molecule has 0 aliphatic rings. The van der Waals surface area contributed by atoms with Crippen LogP contribution in [0.3, 0.4) is 0 Å². The third-order valence-electron chi connectivity index (χ3n) is 4.65. The van der Waals surface area contributed by atoms with Gasteiger partial charge in [-0.05, 0) is 19.3 Å². The molecule has 0 heterocycles. The smallest absolute Gasteiger partial charge is 0.326 e. The van der Waals surface area contributed by atoms with Gasteiger partial charge in [0, 0.05) is 13.0 Å². The van der Waals surface area contributed by atoms with Crippen LogP contribution in [0.2, 0.25) is 0 Å². The molecule has 18 heteroatoms. The van der Waals surface area contributed by atoms with E-state index >= 15 is 0 Å². The SMILES string of the molecule is NC(=O)CCC(N)C(=O)NC(CCCN=C(N)N)C(=O)NC(CC(N)=O)C(=O)NC(CC(=O)O)C(=O)O. The summed E-state index contributed by atoms with van der Waals surface area (Å²) in [5.74, 6) is -8.17. The zero-order valence-corrected chi connectivity index (χ0v) is 19.8. The lowest BCUT2D eigenvalue weighted by atomic mass is 10.1. The van der Waals surface area contributed by atoms with Crippen molar-refractivity contribution in [1.29, 1.82) is 0 Å². The normalized spacial score (nSPS) is 13.6. The van der Waals surface area contributed by atoms with Crippen molar-refractivity contribution in [1.82, 2.24) is 16.0 Å². The number of amides is 5. The van der Waals surface area contributed by atoms with Crippen molar-refractivity contribution in [2.75, 3.05) is 6.54 Å². The summed E-state index contributed by atoms with van der Waals surface area (Å²) < 4.78 is 0. The number of hydrogen-bond donors (Lipinski definition) is 10. The molecule has 0 spiro atoms. The Balaban J connectivity index is 5.65. The molecule has 15 N–H and O–H groups in total. The summed E-state index contributed by atoms with van der Waals surface area (Å²) in [6, 6.07) is -6.12. The number of carboxylic acid groups (broad SMARTS) is 2. The van der Waals surface area contributed by atoms with Gasteiger partial charge in [0.2, 0.25) is 29.5 Å². The van der Waals surface area contributed by atoms with E-state index in [9.17, 15) is 33.6 Å². The van der Waals surface area contributed by atoms with Crippen LogP contribution in [-0.2, 0) is 33.6 Å². The lowest BCUT2D eigenvalue weighted by Crippen LogP contribution is -2.58. The molecule has 0 aromatic carbocycles. The Morgan fingerprint density at radius 3 is 1.73 bits per heavy atom. The molecule has 208 valence electrons. The molecule has 0 radical (unpaired) electrons. The summed E-state index contributed by atoms with van der Waals surface area (Å²) in [6.45, 7) is 0.0659. The average Bonchev–Trinajstić information content (AvgIpc) is 2.77. The van der Waals surface area contributed by atoms with Crippen molar-refractivity contribution in [2.24, 2.45) is 33.7 Å². The van der Waals surface area contributed by atoms with E-state index in [2.05, 4.69) is 15.6 Å². The largest absolute Gasteiger partial charge is 0.481 e. The number of nitrogens with two attached hydrogens (primary N) is 5. The van der Waals surface area contributed by atoms with Crippen LogP contribution < -0.4 is 44.6 Å². The van der Waals surface area contributed by atoms with Crippen LogP contribution in [-0.4, -0.2) is 88.4 Å². The van der Waals surface area contributed by atoms with Gasteiger partial charge in [0.1, 0.15) is 18.1 Å². The molecule has 0 fully saturated rings. The number of guanidine groups is 1. The van der Waals surface area contributed by atoms with Gasteiger partial charge in [-0.15, -0.1) is 0 Å². The molecule has 5 amide bonds. The van der Waals surface area contributed by atoms with E-state index in [1.807, 2.05) is 5.32 Å². The fourth-order valence-electron chi connectivity index (χ4n) is 2.81. The van der Waals surface area contributed by atoms with Crippen molar-refractivity contribution in [3.63, 3.8) is 0 Å². The Morgan fingerprint density at radius 1 is 0.703 bits per heavy atom. The molecule has 0 bridgehead atoms. The third-order valence-corrected chi connectivity index (χ3v) is 4.65. The maximum Gasteiger partial charge on any atom is 0.326 e. The molecule has 0 saturated carbocycles. The highest BCUT2D eigenvalue weighted by Gasteiger charge is 2.32. The van der Waals surface area contributed by atoms with E-state index in [0.717, 1.165) is 0 Å². The number of hydrogen-bond acceptors (Lipinski definition) is 9. The quantitative estimate of drug-likeness (QED) is 0.0449. The predicted molar refractivity (Wildman–Crippen MR) is 126 cm³/mol. The van der Waals surface area contributed by atoms with Crippen molar-refractivity contribution >= 4 is 47.4 Å². The Morgan fingerprint density at radius 2 is 1.24 bits per heavy atom. The first-order chi connectivity index (χ1) is 17.1. The molecule has 4 atom stereocenters. The van der Waals surface area contributed by atoms with Gasteiger partial charge in [-0.1, -0.05) is 0 Å². The van der Waals surface area contributed by atoms with Gasteiger partial charge in [0.05, 0.1) is 18.9 Å². The number of primary amides is 2. The van der Waals surface area contributed by atoms with Crippen molar-refractivity contribution in [3.05, 3.63) is 0 Å². The molecule has 18 nitrogen and oxygen atoms in total. The molecular weight excluding hydrogens is 498 g/mol. The Labute approximate surface area is 210 Å². The molecule has 0 aromatic rings. The van der Waals surface area contributed by atoms with Gasteiger partial charge in [-0.25, -0.2) is 4.79 Å². The molecular formula is C19H33N9O9. The second kappa shape index (κ2) is 16.2. The van der Waals surface area contributed by atoms with Gasteiger partial charge in [0.15, 0.2) is 5.96 Å².